The minimum Gasteiger partial charge on any atom is -0.463 e. The normalized spacial score (nSPS) is 44.8. The first-order valence-corrected chi connectivity index (χ1v) is 20.1. The first-order chi connectivity index (χ1) is 26.6. The molecule has 0 aromatic rings. The van der Waals surface area contributed by atoms with Gasteiger partial charge in [-0.05, 0) is 78.1 Å². The molecule has 14 atom stereocenters. The fourth-order valence-corrected chi connectivity index (χ4v) is 12.0. The van der Waals surface area contributed by atoms with Gasteiger partial charge in [-0.25, -0.2) is 4.79 Å². The summed E-state index contributed by atoms with van der Waals surface area (Å²) in [7, 11) is 0. The molecule has 3 saturated carbocycles. The molecule has 15 nitrogen and oxygen atoms in total. The van der Waals surface area contributed by atoms with Crippen molar-refractivity contribution in [1.29, 1.82) is 0 Å². The Hall–Kier alpha value is -3.66. The second-order valence-corrected chi connectivity index (χ2v) is 17.9. The van der Waals surface area contributed by atoms with Crippen LogP contribution in [0.4, 0.5) is 0 Å². The quantitative estimate of drug-likeness (QED) is 0.211. The fourth-order valence-electron chi connectivity index (χ4n) is 12.0. The minimum atomic E-state index is -1.41. The summed E-state index contributed by atoms with van der Waals surface area (Å²) >= 11 is 0. The summed E-state index contributed by atoms with van der Waals surface area (Å²) in [6.07, 6.45) is -2.22. The molecule has 7 rings (SSSR count). The zero-order chi connectivity index (χ0) is 41.6. The molecule has 3 aliphatic heterocycles. The van der Waals surface area contributed by atoms with Gasteiger partial charge in [-0.15, -0.1) is 0 Å². The Morgan fingerprint density at radius 2 is 1.47 bits per heavy atom. The number of ketones is 1. The van der Waals surface area contributed by atoms with Gasteiger partial charge in [0, 0.05) is 51.5 Å². The lowest BCUT2D eigenvalue weighted by Gasteiger charge is -2.60. The molecule has 2 saturated heterocycles. The number of rotatable bonds is 8. The molecule has 0 aromatic carbocycles. The summed E-state index contributed by atoms with van der Waals surface area (Å²) < 4.78 is 47.8. The number of cyclic esters (lactones) is 1. The Morgan fingerprint density at radius 3 is 2.11 bits per heavy atom. The van der Waals surface area contributed by atoms with Gasteiger partial charge < -0.3 is 43.0 Å². The summed E-state index contributed by atoms with van der Waals surface area (Å²) in [5.74, 6) is -3.53. The van der Waals surface area contributed by atoms with Gasteiger partial charge in [0.25, 0.3) is 0 Å². The van der Waals surface area contributed by atoms with Crippen LogP contribution >= 0.6 is 0 Å². The zero-order valence-electron chi connectivity index (χ0n) is 34.3. The van der Waals surface area contributed by atoms with Gasteiger partial charge in [-0.3, -0.25) is 24.0 Å². The van der Waals surface area contributed by atoms with E-state index in [-0.39, 0.29) is 24.0 Å². The van der Waals surface area contributed by atoms with Crippen molar-refractivity contribution in [3.8, 4) is 0 Å². The van der Waals surface area contributed by atoms with Crippen LogP contribution in [0.3, 0.4) is 0 Å². The molecule has 314 valence electrons. The highest BCUT2D eigenvalue weighted by atomic mass is 16.7. The van der Waals surface area contributed by atoms with Crippen LogP contribution in [0.2, 0.25) is 0 Å². The monoisotopic (exact) mass is 800 g/mol. The molecule has 15 heteroatoms. The van der Waals surface area contributed by atoms with Crippen molar-refractivity contribution in [3.05, 3.63) is 22.8 Å². The summed E-state index contributed by atoms with van der Waals surface area (Å²) in [5.41, 5.74) is -2.28. The van der Waals surface area contributed by atoms with Crippen LogP contribution in [-0.2, 0) is 66.7 Å². The van der Waals surface area contributed by atoms with Crippen LogP contribution < -0.4 is 0 Å². The minimum absolute atomic E-state index is 0.0142. The standard InChI is InChI=1S/C42H56O15/c1-20-16-32(56-36(48)21(20)2)40(9)42(49)15-14-41(57-40)29-11-10-26-17-27(18-31(47)39(26,8)28(29)12-13-38(41,42)7)54-37-35(53-25(6)46)34(52-24(5)45)33(51-23(4)44)30(55-37)19-50-22(3)43/h10,27-30,32-35,37,49H,11-19H2,1-9H3/t27-,28+,29-,30-,32-,33-,34+,35-,37-,38+,39+,40+,41-,42-/m1/s1. The van der Waals surface area contributed by atoms with E-state index in [0.717, 1.165) is 31.9 Å². The van der Waals surface area contributed by atoms with Gasteiger partial charge >= 0.3 is 29.8 Å². The summed E-state index contributed by atoms with van der Waals surface area (Å²) in [4.78, 5) is 76.3. The SMILES string of the molecule is CC(=O)OC[C@H]1O[C@@H](O[C@H]2CC(=O)[C@@]3(C)C(=CC[C@@H]4[C@@H]3CC[C@]3(C)[C@]5(O)CC[C@@]43O[C@@]5(C)[C@H]3CC(C)=C(C)C(=O)O3)C2)[C@H](OC(C)=O)[C@@H](OC(C)=O)[C@@H]1OC(C)=O. The van der Waals surface area contributed by atoms with Crippen molar-refractivity contribution in [2.24, 2.45) is 22.7 Å². The third kappa shape index (κ3) is 6.19. The number of ether oxygens (including phenoxy) is 8. The van der Waals surface area contributed by atoms with Gasteiger partial charge in [-0.2, -0.15) is 0 Å². The van der Waals surface area contributed by atoms with E-state index in [1.807, 2.05) is 20.8 Å². The largest absolute Gasteiger partial charge is 0.463 e. The number of hydrogen-bond donors (Lipinski definition) is 1. The maximum absolute atomic E-state index is 14.7. The van der Waals surface area contributed by atoms with E-state index in [9.17, 15) is 33.9 Å². The van der Waals surface area contributed by atoms with E-state index in [1.54, 1.807) is 6.92 Å². The van der Waals surface area contributed by atoms with Gasteiger partial charge in [0.05, 0.1) is 17.1 Å². The fraction of sp³-hybridized carbons (Fsp3) is 0.762. The van der Waals surface area contributed by atoms with Crippen molar-refractivity contribution in [3.63, 3.8) is 0 Å². The van der Waals surface area contributed by atoms with Crippen LogP contribution in [0.25, 0.3) is 0 Å². The number of aliphatic hydroxyl groups is 1. The van der Waals surface area contributed by atoms with Crippen molar-refractivity contribution >= 4 is 35.6 Å². The second kappa shape index (κ2) is 14.3. The molecular formula is C42H56O15. The van der Waals surface area contributed by atoms with Crippen LogP contribution in [0, 0.1) is 22.7 Å². The van der Waals surface area contributed by atoms with Gasteiger partial charge in [-0.1, -0.05) is 24.1 Å². The molecule has 3 heterocycles. The predicted octanol–water partition coefficient (Wildman–Crippen LogP) is 3.89. The third-order valence-electron chi connectivity index (χ3n) is 15.0. The Kier molecular flexibility index (Phi) is 10.4. The number of hydrogen-bond acceptors (Lipinski definition) is 15. The van der Waals surface area contributed by atoms with Gasteiger partial charge in [0.1, 0.15) is 35.8 Å². The highest BCUT2D eigenvalue weighted by Gasteiger charge is 2.84. The zero-order valence-corrected chi connectivity index (χ0v) is 34.3. The molecule has 0 unspecified atom stereocenters. The van der Waals surface area contributed by atoms with Gasteiger partial charge in [0.15, 0.2) is 24.6 Å². The lowest BCUT2D eigenvalue weighted by atomic mass is 9.45. The molecule has 0 aromatic heterocycles. The topological polar surface area (TPSA) is 196 Å². The Balaban J connectivity index is 1.17. The summed E-state index contributed by atoms with van der Waals surface area (Å²) in [6.45, 7) is 13.9. The third-order valence-corrected chi connectivity index (χ3v) is 15.0. The lowest BCUT2D eigenvalue weighted by Crippen LogP contribution is -2.64. The number of esters is 5. The van der Waals surface area contributed by atoms with Crippen molar-refractivity contribution < 1.29 is 71.8 Å². The van der Waals surface area contributed by atoms with E-state index in [0.29, 0.717) is 50.5 Å². The van der Waals surface area contributed by atoms with Crippen molar-refractivity contribution in [1.82, 2.24) is 0 Å². The second-order valence-electron chi connectivity index (χ2n) is 17.9. The maximum atomic E-state index is 14.7. The maximum Gasteiger partial charge on any atom is 0.334 e. The summed E-state index contributed by atoms with van der Waals surface area (Å²) in [6, 6.07) is 0. The number of allylic oxidation sites excluding steroid dienone is 1. The predicted molar refractivity (Wildman–Crippen MR) is 195 cm³/mol. The van der Waals surface area contributed by atoms with Crippen LogP contribution in [0.1, 0.15) is 114 Å². The Labute approximate surface area is 332 Å². The molecule has 7 aliphatic rings. The highest BCUT2D eigenvalue weighted by Crippen LogP contribution is 2.77. The Morgan fingerprint density at radius 1 is 0.825 bits per heavy atom. The molecule has 0 amide bonds. The smallest absolute Gasteiger partial charge is 0.334 e. The molecule has 0 radical (unpaired) electrons. The average molecular weight is 801 g/mol. The van der Waals surface area contributed by atoms with Crippen molar-refractivity contribution in [2.45, 2.75) is 173 Å². The molecule has 57 heavy (non-hydrogen) atoms. The first-order valence-electron chi connectivity index (χ1n) is 20.1. The van der Waals surface area contributed by atoms with Gasteiger partial charge in [0.2, 0.25) is 0 Å². The highest BCUT2D eigenvalue weighted by molar-refractivity contribution is 5.90. The number of carbonyl (C=O) groups excluding carboxylic acids is 6. The summed E-state index contributed by atoms with van der Waals surface area (Å²) in [5, 5.41) is 12.8. The van der Waals surface area contributed by atoms with Crippen LogP contribution in [0.15, 0.2) is 22.8 Å². The van der Waals surface area contributed by atoms with Crippen LogP contribution in [-0.4, -0.2) is 107 Å². The number of carbonyl (C=O) groups is 6. The molecule has 5 fully saturated rings. The van der Waals surface area contributed by atoms with E-state index < -0.39 is 107 Å². The lowest BCUT2D eigenvalue weighted by molar-refractivity contribution is -0.317. The van der Waals surface area contributed by atoms with Crippen LogP contribution in [0.5, 0.6) is 0 Å². The molecule has 1 N–H and O–H groups in total. The molecule has 4 aliphatic carbocycles. The first kappa shape index (κ1) is 41.5. The molecule has 2 bridgehead atoms. The van der Waals surface area contributed by atoms with E-state index >= 15 is 0 Å². The number of fused-ring (bicyclic) bond motifs is 3. The average Bonchev–Trinajstić information content (AvgIpc) is 3.44. The molecular weight excluding hydrogens is 744 g/mol. The Bertz CT molecular complexity index is 1820. The van der Waals surface area contributed by atoms with Crippen molar-refractivity contribution in [2.75, 3.05) is 6.61 Å². The van der Waals surface area contributed by atoms with E-state index in [4.69, 9.17) is 37.9 Å². The number of Topliss-reactive ketones (excluding diaryl/α,β-unsaturated/α-hetero) is 1. The van der Waals surface area contributed by atoms with E-state index in [1.165, 1.54) is 6.92 Å². The van der Waals surface area contributed by atoms with E-state index in [2.05, 4.69) is 13.0 Å². The molecule has 0 spiro atoms.